The van der Waals surface area contributed by atoms with Crippen LogP contribution in [0.15, 0.2) is 28.8 Å². The number of carboxylic acids is 1. The summed E-state index contributed by atoms with van der Waals surface area (Å²) in [4.78, 5) is 21.1. The first-order valence-electron chi connectivity index (χ1n) is 6.10. The van der Waals surface area contributed by atoms with Crippen molar-refractivity contribution in [2.24, 2.45) is 0 Å². The Labute approximate surface area is 119 Å². The van der Waals surface area contributed by atoms with Gasteiger partial charge in [0.2, 0.25) is 0 Å². The largest absolute Gasteiger partial charge is 0.479 e. The molecule has 0 aliphatic heterocycles. The van der Waals surface area contributed by atoms with E-state index in [0.29, 0.717) is 6.42 Å². The van der Waals surface area contributed by atoms with Crippen molar-refractivity contribution in [2.45, 2.75) is 20.0 Å². The van der Waals surface area contributed by atoms with Crippen LogP contribution in [0.25, 0.3) is 0 Å². The molecule has 0 unspecified atom stereocenters. The summed E-state index contributed by atoms with van der Waals surface area (Å²) in [6.07, 6.45) is 0.672. The molecule has 0 saturated carbocycles. The molecular weight excluding hydrogens is 280 g/mol. The van der Waals surface area contributed by atoms with Crippen LogP contribution >= 0.6 is 0 Å². The molecule has 1 aromatic carbocycles. The van der Waals surface area contributed by atoms with Crippen molar-refractivity contribution in [1.82, 2.24) is 5.16 Å². The van der Waals surface area contributed by atoms with Crippen molar-refractivity contribution in [3.05, 3.63) is 51.4 Å². The summed E-state index contributed by atoms with van der Waals surface area (Å²) in [5, 5.41) is 23.0. The number of nitrogens with zero attached hydrogens (tertiary/aromatic N) is 2. The summed E-state index contributed by atoms with van der Waals surface area (Å²) in [5.41, 5.74) is 0.429. The van der Waals surface area contributed by atoms with Crippen molar-refractivity contribution >= 4 is 11.7 Å². The monoisotopic (exact) mass is 292 g/mol. The maximum atomic E-state index is 11.0. The number of nitro benzene ring substituents is 1. The Morgan fingerprint density at radius 3 is 2.81 bits per heavy atom. The summed E-state index contributed by atoms with van der Waals surface area (Å²) >= 11 is 0. The lowest BCUT2D eigenvalue weighted by Gasteiger charge is -2.06. The zero-order valence-electron chi connectivity index (χ0n) is 11.1. The Morgan fingerprint density at radius 2 is 2.24 bits per heavy atom. The van der Waals surface area contributed by atoms with Gasteiger partial charge in [-0.1, -0.05) is 18.1 Å². The summed E-state index contributed by atoms with van der Waals surface area (Å²) in [7, 11) is 0. The molecule has 0 aliphatic rings. The van der Waals surface area contributed by atoms with Crippen molar-refractivity contribution in [3.8, 4) is 5.75 Å². The molecule has 0 atom stereocenters. The van der Waals surface area contributed by atoms with Crippen molar-refractivity contribution in [3.63, 3.8) is 0 Å². The maximum Gasteiger partial charge on any atom is 0.358 e. The van der Waals surface area contributed by atoms with Gasteiger partial charge in [-0.25, -0.2) is 4.79 Å². The number of rotatable bonds is 6. The molecular formula is C13H12N2O6. The van der Waals surface area contributed by atoms with E-state index in [0.717, 1.165) is 5.56 Å². The Bertz CT molecular complexity index is 679. The maximum absolute atomic E-state index is 11.0. The fourth-order valence-electron chi connectivity index (χ4n) is 1.68. The summed E-state index contributed by atoms with van der Waals surface area (Å²) < 4.78 is 10.1. The molecule has 0 saturated heterocycles. The van der Waals surface area contributed by atoms with E-state index in [1.54, 1.807) is 6.07 Å². The zero-order valence-corrected chi connectivity index (χ0v) is 11.1. The van der Waals surface area contributed by atoms with Gasteiger partial charge in [0.15, 0.2) is 17.2 Å². The van der Waals surface area contributed by atoms with Gasteiger partial charge in [0.25, 0.3) is 0 Å². The van der Waals surface area contributed by atoms with E-state index in [-0.39, 0.29) is 29.5 Å². The molecule has 0 amide bonds. The van der Waals surface area contributed by atoms with Crippen LogP contribution in [0.2, 0.25) is 0 Å². The fraction of sp³-hybridized carbons (Fsp3) is 0.231. The van der Waals surface area contributed by atoms with E-state index < -0.39 is 10.9 Å². The standard InChI is InChI=1S/C13H12N2O6/c1-2-8-3-4-12(11(5-8)15(18)19)20-7-9-6-10(13(16)17)14-21-9/h3-6H,2,7H2,1H3,(H,16,17). The molecule has 1 aromatic heterocycles. The number of hydrogen-bond acceptors (Lipinski definition) is 6. The number of carbonyl (C=O) groups is 1. The molecule has 1 heterocycles. The van der Waals surface area contributed by atoms with Gasteiger partial charge in [0.05, 0.1) is 4.92 Å². The number of ether oxygens (including phenoxy) is 1. The molecule has 110 valence electrons. The minimum Gasteiger partial charge on any atom is -0.479 e. The summed E-state index contributed by atoms with van der Waals surface area (Å²) in [5.74, 6) is -0.963. The van der Waals surface area contributed by atoms with E-state index in [4.69, 9.17) is 14.4 Å². The molecule has 1 N–H and O–H groups in total. The van der Waals surface area contributed by atoms with Crippen molar-refractivity contribution in [1.29, 1.82) is 0 Å². The average molecular weight is 292 g/mol. The normalized spacial score (nSPS) is 10.3. The van der Waals surface area contributed by atoms with Crippen LogP contribution in [-0.2, 0) is 13.0 Å². The zero-order chi connectivity index (χ0) is 15.4. The number of aromatic carboxylic acids is 1. The van der Waals surface area contributed by atoms with Gasteiger partial charge < -0.3 is 14.4 Å². The van der Waals surface area contributed by atoms with Crippen LogP contribution in [0.3, 0.4) is 0 Å². The Hall–Kier alpha value is -2.90. The van der Waals surface area contributed by atoms with Gasteiger partial charge in [-0.15, -0.1) is 0 Å². The highest BCUT2D eigenvalue weighted by Crippen LogP contribution is 2.29. The highest BCUT2D eigenvalue weighted by molar-refractivity contribution is 5.85. The molecule has 8 heteroatoms. The predicted molar refractivity (Wildman–Crippen MR) is 70.3 cm³/mol. The number of nitro groups is 1. The smallest absolute Gasteiger partial charge is 0.358 e. The summed E-state index contributed by atoms with van der Waals surface area (Å²) in [6, 6.07) is 5.88. The molecule has 2 aromatic rings. The highest BCUT2D eigenvalue weighted by atomic mass is 16.6. The quantitative estimate of drug-likeness (QED) is 0.641. The third kappa shape index (κ3) is 3.35. The number of carboxylic acid groups (broad SMARTS) is 1. The van der Waals surface area contributed by atoms with Gasteiger partial charge >= 0.3 is 11.7 Å². The average Bonchev–Trinajstić information content (AvgIpc) is 2.94. The van der Waals surface area contributed by atoms with Gasteiger partial charge in [0.1, 0.15) is 6.61 Å². The Morgan fingerprint density at radius 1 is 1.48 bits per heavy atom. The molecule has 0 radical (unpaired) electrons. The third-order valence-electron chi connectivity index (χ3n) is 2.78. The first-order valence-corrected chi connectivity index (χ1v) is 6.10. The summed E-state index contributed by atoms with van der Waals surface area (Å²) in [6.45, 7) is 1.74. The van der Waals surface area contributed by atoms with E-state index in [1.807, 2.05) is 6.92 Å². The second kappa shape index (κ2) is 6.04. The first kappa shape index (κ1) is 14.5. The van der Waals surface area contributed by atoms with Crippen LogP contribution in [0.5, 0.6) is 5.75 Å². The van der Waals surface area contributed by atoms with Gasteiger partial charge in [-0.3, -0.25) is 10.1 Å². The lowest BCUT2D eigenvalue weighted by molar-refractivity contribution is -0.386. The minimum absolute atomic E-state index is 0.0884. The second-order valence-corrected chi connectivity index (χ2v) is 4.19. The molecule has 0 bridgehead atoms. The van der Waals surface area contributed by atoms with E-state index in [1.165, 1.54) is 18.2 Å². The number of hydrogen-bond donors (Lipinski definition) is 1. The van der Waals surface area contributed by atoms with Crippen LogP contribution < -0.4 is 4.74 Å². The SMILES string of the molecule is CCc1ccc(OCc2cc(C(=O)O)no2)c([N+](=O)[O-])c1. The Balaban J connectivity index is 2.15. The van der Waals surface area contributed by atoms with Crippen LogP contribution in [0.4, 0.5) is 5.69 Å². The van der Waals surface area contributed by atoms with Crippen molar-refractivity contribution in [2.75, 3.05) is 0 Å². The van der Waals surface area contributed by atoms with Crippen LogP contribution in [0, 0.1) is 10.1 Å². The Kier molecular flexibility index (Phi) is 4.17. The predicted octanol–water partition coefficient (Wildman–Crippen LogP) is 2.42. The minimum atomic E-state index is -1.22. The fourth-order valence-corrected chi connectivity index (χ4v) is 1.68. The topological polar surface area (TPSA) is 116 Å². The van der Waals surface area contributed by atoms with Crippen LogP contribution in [0.1, 0.15) is 28.7 Å². The van der Waals surface area contributed by atoms with E-state index >= 15 is 0 Å². The number of benzene rings is 1. The second-order valence-electron chi connectivity index (χ2n) is 4.19. The highest BCUT2D eigenvalue weighted by Gasteiger charge is 2.17. The van der Waals surface area contributed by atoms with Gasteiger partial charge in [-0.05, 0) is 18.1 Å². The lowest BCUT2D eigenvalue weighted by atomic mass is 10.1. The molecule has 8 nitrogen and oxygen atoms in total. The molecule has 0 fully saturated rings. The van der Waals surface area contributed by atoms with Crippen molar-refractivity contribution < 1.29 is 24.1 Å². The van der Waals surface area contributed by atoms with Gasteiger partial charge in [0, 0.05) is 12.1 Å². The molecule has 0 spiro atoms. The number of aryl methyl sites for hydroxylation is 1. The number of aromatic nitrogens is 1. The third-order valence-corrected chi connectivity index (χ3v) is 2.78. The lowest BCUT2D eigenvalue weighted by Crippen LogP contribution is -1.99. The van der Waals surface area contributed by atoms with E-state index in [2.05, 4.69) is 5.16 Å². The molecule has 21 heavy (non-hydrogen) atoms. The van der Waals surface area contributed by atoms with E-state index in [9.17, 15) is 14.9 Å². The van der Waals surface area contributed by atoms with Gasteiger partial charge in [-0.2, -0.15) is 0 Å². The van der Waals surface area contributed by atoms with Crippen LogP contribution in [-0.4, -0.2) is 21.2 Å². The molecule has 2 rings (SSSR count). The first-order chi connectivity index (χ1) is 10.0. The molecule has 0 aliphatic carbocycles.